The number of benzene rings is 2. The van der Waals surface area contributed by atoms with E-state index in [4.69, 9.17) is 14.2 Å². The van der Waals surface area contributed by atoms with Crippen molar-refractivity contribution in [3.8, 4) is 11.5 Å². The number of rotatable bonds is 6. The van der Waals surface area contributed by atoms with Crippen LogP contribution < -0.4 is 14.8 Å². The van der Waals surface area contributed by atoms with Crippen LogP contribution >= 0.6 is 11.8 Å². The lowest BCUT2D eigenvalue weighted by molar-refractivity contribution is -0.137. The molecular formula is C25H23N3O6S. The SMILES string of the molecule is COC(=O)C1=C(C)N=C2SC(C(=O)Nc3ccc(OC)cc3)=CC(=O)N2[C@H]1c1ccc(OC)cc1. The molecule has 2 aliphatic rings. The Kier molecular flexibility index (Phi) is 6.92. The summed E-state index contributed by atoms with van der Waals surface area (Å²) >= 11 is 1.05. The number of anilines is 1. The third-order valence-electron chi connectivity index (χ3n) is 5.49. The molecule has 0 bridgehead atoms. The molecule has 0 radical (unpaired) electrons. The summed E-state index contributed by atoms with van der Waals surface area (Å²) in [7, 11) is 4.39. The number of amides is 2. The molecule has 2 aliphatic heterocycles. The molecule has 1 N–H and O–H groups in total. The highest BCUT2D eigenvalue weighted by Gasteiger charge is 2.42. The van der Waals surface area contributed by atoms with Gasteiger partial charge < -0.3 is 19.5 Å². The number of aliphatic imine (C=N–C) groups is 1. The van der Waals surface area contributed by atoms with E-state index < -0.39 is 23.8 Å². The molecule has 9 nitrogen and oxygen atoms in total. The first kappa shape index (κ1) is 24.1. The Morgan fingerprint density at radius 1 is 0.971 bits per heavy atom. The first-order valence-corrected chi connectivity index (χ1v) is 11.4. The van der Waals surface area contributed by atoms with Crippen molar-refractivity contribution in [3.05, 3.63) is 76.3 Å². The summed E-state index contributed by atoms with van der Waals surface area (Å²) in [6, 6.07) is 13.1. The molecule has 4 rings (SSSR count). The van der Waals surface area contributed by atoms with Crippen molar-refractivity contribution in [1.82, 2.24) is 4.90 Å². The Bertz CT molecular complexity index is 1270. The molecule has 0 unspecified atom stereocenters. The Labute approximate surface area is 206 Å². The molecule has 2 amide bonds. The molecule has 0 saturated carbocycles. The molecular weight excluding hydrogens is 470 g/mol. The summed E-state index contributed by atoms with van der Waals surface area (Å²) in [5.74, 6) is -0.217. The van der Waals surface area contributed by atoms with E-state index in [0.717, 1.165) is 11.8 Å². The van der Waals surface area contributed by atoms with Crippen molar-refractivity contribution in [3.63, 3.8) is 0 Å². The normalized spacial score (nSPS) is 17.2. The Morgan fingerprint density at radius 3 is 2.14 bits per heavy atom. The topological polar surface area (TPSA) is 107 Å². The average molecular weight is 494 g/mol. The highest BCUT2D eigenvalue weighted by Crippen LogP contribution is 2.42. The molecule has 2 heterocycles. The van der Waals surface area contributed by atoms with Gasteiger partial charge >= 0.3 is 5.97 Å². The van der Waals surface area contributed by atoms with Gasteiger partial charge in [-0.3, -0.25) is 14.5 Å². The number of hydrogen-bond acceptors (Lipinski definition) is 8. The Balaban J connectivity index is 1.68. The fourth-order valence-electron chi connectivity index (χ4n) is 3.75. The molecule has 0 aromatic heterocycles. The maximum atomic E-state index is 13.3. The lowest BCUT2D eigenvalue weighted by atomic mass is 9.94. The quantitative estimate of drug-likeness (QED) is 0.612. The standard InChI is InChI=1S/C25H23N3O6S/c1-14-21(24(31)34-4)22(15-5-9-17(32-2)10-6-15)28-20(29)13-19(35-25(28)26-14)23(30)27-16-7-11-18(33-3)12-8-16/h5-13,22H,1-4H3,(H,27,30)/t22-/m0/s1. The zero-order valence-corrected chi connectivity index (χ0v) is 20.3. The average Bonchev–Trinajstić information content (AvgIpc) is 2.87. The van der Waals surface area contributed by atoms with Gasteiger partial charge in [0.1, 0.15) is 11.5 Å². The van der Waals surface area contributed by atoms with Gasteiger partial charge in [-0.1, -0.05) is 12.1 Å². The lowest BCUT2D eigenvalue weighted by Gasteiger charge is -2.38. The van der Waals surface area contributed by atoms with E-state index in [2.05, 4.69) is 10.3 Å². The molecule has 2 aromatic rings. The van der Waals surface area contributed by atoms with Gasteiger partial charge in [0, 0.05) is 11.8 Å². The summed E-state index contributed by atoms with van der Waals surface area (Å²) in [6.07, 6.45) is 1.24. The lowest BCUT2D eigenvalue weighted by Crippen LogP contribution is -2.45. The van der Waals surface area contributed by atoms with Crippen LogP contribution in [0.2, 0.25) is 0 Å². The van der Waals surface area contributed by atoms with Crippen LogP contribution in [0.4, 0.5) is 5.69 Å². The predicted octanol–water partition coefficient (Wildman–Crippen LogP) is 3.66. The van der Waals surface area contributed by atoms with Crippen LogP contribution in [-0.4, -0.2) is 49.2 Å². The minimum atomic E-state index is -0.775. The van der Waals surface area contributed by atoms with Crippen molar-refractivity contribution in [2.75, 3.05) is 26.6 Å². The van der Waals surface area contributed by atoms with Crippen LogP contribution in [-0.2, 0) is 19.1 Å². The highest BCUT2D eigenvalue weighted by atomic mass is 32.2. The molecule has 10 heteroatoms. The van der Waals surface area contributed by atoms with Gasteiger partial charge in [0.05, 0.1) is 43.5 Å². The number of carbonyl (C=O) groups is 3. The third-order valence-corrected chi connectivity index (χ3v) is 6.49. The van der Waals surface area contributed by atoms with Gasteiger partial charge in [0.2, 0.25) is 0 Å². The number of amidine groups is 1. The van der Waals surface area contributed by atoms with Gasteiger partial charge in [-0.15, -0.1) is 0 Å². The summed E-state index contributed by atoms with van der Waals surface area (Å²) in [6.45, 7) is 1.67. The van der Waals surface area contributed by atoms with Gasteiger partial charge in [0.25, 0.3) is 11.8 Å². The predicted molar refractivity (Wildman–Crippen MR) is 132 cm³/mol. The maximum Gasteiger partial charge on any atom is 0.338 e. The third kappa shape index (κ3) is 4.78. The number of thioether (sulfide) groups is 1. The van der Waals surface area contributed by atoms with E-state index >= 15 is 0 Å². The summed E-state index contributed by atoms with van der Waals surface area (Å²) in [5, 5.41) is 3.07. The molecule has 0 saturated heterocycles. The van der Waals surface area contributed by atoms with E-state index in [1.165, 1.54) is 18.1 Å². The van der Waals surface area contributed by atoms with Gasteiger partial charge in [-0.25, -0.2) is 9.79 Å². The van der Waals surface area contributed by atoms with Crippen LogP contribution in [0, 0.1) is 0 Å². The number of ether oxygens (including phenoxy) is 3. The molecule has 2 aromatic carbocycles. The van der Waals surface area contributed by atoms with E-state index in [1.54, 1.807) is 69.7 Å². The largest absolute Gasteiger partial charge is 0.497 e. The summed E-state index contributed by atoms with van der Waals surface area (Å²) in [4.78, 5) is 45.0. The number of nitrogens with one attached hydrogen (secondary N) is 1. The number of esters is 1. The van der Waals surface area contributed by atoms with Crippen molar-refractivity contribution in [1.29, 1.82) is 0 Å². The van der Waals surface area contributed by atoms with Crippen molar-refractivity contribution < 1.29 is 28.6 Å². The van der Waals surface area contributed by atoms with Crippen molar-refractivity contribution in [2.45, 2.75) is 13.0 Å². The minimum absolute atomic E-state index is 0.184. The molecule has 0 fully saturated rings. The summed E-state index contributed by atoms with van der Waals surface area (Å²) < 4.78 is 15.3. The van der Waals surface area contributed by atoms with E-state index in [1.807, 2.05) is 0 Å². The van der Waals surface area contributed by atoms with Gasteiger partial charge in [0.15, 0.2) is 5.17 Å². The van der Waals surface area contributed by atoms with Crippen LogP contribution in [0.25, 0.3) is 0 Å². The fourth-order valence-corrected chi connectivity index (χ4v) is 4.72. The fraction of sp³-hybridized carbons (Fsp3) is 0.200. The smallest absolute Gasteiger partial charge is 0.338 e. The zero-order chi connectivity index (χ0) is 25.1. The van der Waals surface area contributed by atoms with Crippen LogP contribution in [0.1, 0.15) is 18.5 Å². The monoisotopic (exact) mass is 493 g/mol. The number of allylic oxidation sites excluding steroid dienone is 1. The van der Waals surface area contributed by atoms with Crippen molar-refractivity contribution >= 4 is 40.4 Å². The number of fused-ring (bicyclic) bond motifs is 1. The van der Waals surface area contributed by atoms with E-state index in [0.29, 0.717) is 33.6 Å². The second-order valence-electron chi connectivity index (χ2n) is 7.56. The molecule has 180 valence electrons. The van der Waals surface area contributed by atoms with Crippen LogP contribution in [0.15, 0.2) is 75.8 Å². The van der Waals surface area contributed by atoms with E-state index in [9.17, 15) is 14.4 Å². The number of nitrogens with zero attached hydrogens (tertiary/aromatic N) is 2. The molecule has 0 aliphatic carbocycles. The van der Waals surface area contributed by atoms with Crippen molar-refractivity contribution in [2.24, 2.45) is 4.99 Å². The van der Waals surface area contributed by atoms with Gasteiger partial charge in [-0.05, 0) is 60.6 Å². The molecule has 1 atom stereocenters. The molecule has 0 spiro atoms. The number of methoxy groups -OCH3 is 3. The summed E-state index contributed by atoms with van der Waals surface area (Å²) in [5.41, 5.74) is 1.88. The van der Waals surface area contributed by atoms with Gasteiger partial charge in [-0.2, -0.15) is 0 Å². The molecule has 35 heavy (non-hydrogen) atoms. The Hall–Kier alpha value is -4.05. The first-order valence-electron chi connectivity index (χ1n) is 10.6. The second-order valence-corrected chi connectivity index (χ2v) is 8.57. The zero-order valence-electron chi connectivity index (χ0n) is 19.5. The number of carbonyl (C=O) groups excluding carboxylic acids is 3. The first-order chi connectivity index (χ1) is 16.9. The minimum Gasteiger partial charge on any atom is -0.497 e. The second kappa shape index (κ2) is 10.1. The maximum absolute atomic E-state index is 13.3. The van der Waals surface area contributed by atoms with E-state index in [-0.39, 0.29) is 10.5 Å². The van der Waals surface area contributed by atoms with Crippen LogP contribution in [0.3, 0.4) is 0 Å². The number of hydrogen-bond donors (Lipinski definition) is 1. The highest BCUT2D eigenvalue weighted by molar-refractivity contribution is 8.18. The Morgan fingerprint density at radius 2 is 1.57 bits per heavy atom. The van der Waals surface area contributed by atoms with Crippen LogP contribution in [0.5, 0.6) is 11.5 Å².